The number of benzene rings is 1. The number of esters is 1. The van der Waals surface area contributed by atoms with Gasteiger partial charge in [0.25, 0.3) is 5.91 Å². The molecule has 1 heterocycles. The first-order valence-electron chi connectivity index (χ1n) is 6.89. The Kier molecular flexibility index (Phi) is 4.24. The van der Waals surface area contributed by atoms with Crippen LogP contribution in [0.2, 0.25) is 0 Å². The van der Waals surface area contributed by atoms with Crippen LogP contribution in [0, 0.1) is 0 Å². The van der Waals surface area contributed by atoms with E-state index in [1.165, 1.54) is 0 Å². The van der Waals surface area contributed by atoms with E-state index in [4.69, 9.17) is 4.74 Å². The number of amides is 1. The molecule has 2 aromatic rings. The third kappa shape index (κ3) is 3.73. The summed E-state index contributed by atoms with van der Waals surface area (Å²) in [6, 6.07) is 9.41. The van der Waals surface area contributed by atoms with E-state index in [0.717, 1.165) is 22.9 Å². The molecule has 1 aliphatic rings. The second kappa shape index (κ2) is 6.31. The molecule has 22 heavy (non-hydrogen) atoms. The summed E-state index contributed by atoms with van der Waals surface area (Å²) >= 11 is 3.36. The van der Waals surface area contributed by atoms with E-state index in [-0.39, 0.29) is 24.2 Å². The number of nitrogens with one attached hydrogen (secondary N) is 2. The number of rotatable bonds is 5. The van der Waals surface area contributed by atoms with Gasteiger partial charge in [0.15, 0.2) is 6.61 Å². The smallest absolute Gasteiger partial charge is 0.356 e. The predicted molar refractivity (Wildman–Crippen MR) is 83.2 cm³/mol. The van der Waals surface area contributed by atoms with E-state index in [0.29, 0.717) is 5.69 Å². The quantitative estimate of drug-likeness (QED) is 0.798. The Morgan fingerprint density at radius 1 is 1.32 bits per heavy atom. The van der Waals surface area contributed by atoms with Crippen molar-refractivity contribution in [3.63, 3.8) is 0 Å². The number of carbonyl (C=O) groups excluding carboxylic acids is 2. The van der Waals surface area contributed by atoms with Gasteiger partial charge in [0.1, 0.15) is 5.69 Å². The Labute approximate surface area is 135 Å². The van der Waals surface area contributed by atoms with Crippen LogP contribution in [0.4, 0.5) is 0 Å². The minimum absolute atomic E-state index is 0.220. The lowest BCUT2D eigenvalue weighted by atomic mass is 10.1. The molecular formula is C15H14BrN3O3. The van der Waals surface area contributed by atoms with Crippen LogP contribution in [-0.4, -0.2) is 34.7 Å². The van der Waals surface area contributed by atoms with Crippen molar-refractivity contribution in [3.8, 4) is 11.3 Å². The van der Waals surface area contributed by atoms with Crippen molar-refractivity contribution in [3.05, 3.63) is 40.5 Å². The standard InChI is InChI=1S/C15H14BrN3O3/c16-10-3-1-9(2-4-10)12-7-13(19-18-12)15(21)22-8-14(20)17-11-5-6-11/h1-4,7,11H,5-6,8H2,(H,17,20)(H,18,19). The van der Waals surface area contributed by atoms with Crippen LogP contribution in [0.25, 0.3) is 11.3 Å². The highest BCUT2D eigenvalue weighted by molar-refractivity contribution is 9.10. The number of H-pyrrole nitrogens is 1. The van der Waals surface area contributed by atoms with Crippen molar-refractivity contribution in [1.82, 2.24) is 15.5 Å². The summed E-state index contributed by atoms with van der Waals surface area (Å²) in [6.45, 7) is -0.276. The van der Waals surface area contributed by atoms with Gasteiger partial charge >= 0.3 is 5.97 Å². The number of ether oxygens (including phenoxy) is 1. The van der Waals surface area contributed by atoms with Crippen LogP contribution in [0.5, 0.6) is 0 Å². The topological polar surface area (TPSA) is 84.1 Å². The van der Waals surface area contributed by atoms with Crippen molar-refractivity contribution in [1.29, 1.82) is 0 Å². The fraction of sp³-hybridized carbons (Fsp3) is 0.267. The number of hydrogen-bond acceptors (Lipinski definition) is 4. The molecule has 0 saturated heterocycles. The van der Waals surface area contributed by atoms with E-state index in [9.17, 15) is 9.59 Å². The van der Waals surface area contributed by atoms with Gasteiger partial charge in [-0.05, 0) is 31.0 Å². The zero-order chi connectivity index (χ0) is 15.5. The molecule has 1 aromatic heterocycles. The zero-order valence-electron chi connectivity index (χ0n) is 11.6. The molecule has 0 spiro atoms. The van der Waals surface area contributed by atoms with Crippen LogP contribution in [-0.2, 0) is 9.53 Å². The molecule has 0 radical (unpaired) electrons. The van der Waals surface area contributed by atoms with E-state index in [1.807, 2.05) is 24.3 Å². The molecule has 3 rings (SSSR count). The fourth-order valence-electron chi connectivity index (χ4n) is 1.90. The lowest BCUT2D eigenvalue weighted by molar-refractivity contribution is -0.124. The SMILES string of the molecule is O=C(COC(=O)c1cc(-c2ccc(Br)cc2)n[nH]1)NC1CC1. The van der Waals surface area contributed by atoms with Crippen LogP contribution in [0.15, 0.2) is 34.8 Å². The summed E-state index contributed by atoms with van der Waals surface area (Å²) in [7, 11) is 0. The Bertz CT molecular complexity index is 692. The molecule has 1 amide bonds. The maximum atomic E-state index is 11.9. The van der Waals surface area contributed by atoms with Crippen molar-refractivity contribution in [2.45, 2.75) is 18.9 Å². The second-order valence-electron chi connectivity index (χ2n) is 5.09. The first-order chi connectivity index (χ1) is 10.6. The molecule has 0 atom stereocenters. The highest BCUT2D eigenvalue weighted by atomic mass is 79.9. The Morgan fingerprint density at radius 3 is 2.73 bits per heavy atom. The lowest BCUT2D eigenvalue weighted by Gasteiger charge is -2.03. The van der Waals surface area contributed by atoms with Gasteiger partial charge in [0.05, 0.1) is 5.69 Å². The average Bonchev–Trinajstić information content (AvgIpc) is 3.18. The van der Waals surface area contributed by atoms with E-state index in [2.05, 4.69) is 31.4 Å². The number of halogens is 1. The van der Waals surface area contributed by atoms with Crippen molar-refractivity contribution >= 4 is 27.8 Å². The molecule has 0 bridgehead atoms. The second-order valence-corrected chi connectivity index (χ2v) is 6.01. The summed E-state index contributed by atoms with van der Waals surface area (Å²) < 4.78 is 5.92. The van der Waals surface area contributed by atoms with Crippen molar-refractivity contribution in [2.24, 2.45) is 0 Å². The molecule has 0 unspecified atom stereocenters. The monoisotopic (exact) mass is 363 g/mol. The van der Waals surface area contributed by atoms with Crippen LogP contribution in [0.3, 0.4) is 0 Å². The number of aromatic amines is 1. The molecule has 6 nitrogen and oxygen atoms in total. The number of nitrogens with zero attached hydrogens (tertiary/aromatic N) is 1. The first kappa shape index (κ1) is 14.8. The normalized spacial score (nSPS) is 13.7. The molecule has 1 fully saturated rings. The lowest BCUT2D eigenvalue weighted by Crippen LogP contribution is -2.30. The Balaban J connectivity index is 1.58. The third-order valence-corrected chi connectivity index (χ3v) is 3.74. The molecule has 114 valence electrons. The van der Waals surface area contributed by atoms with Crippen LogP contribution >= 0.6 is 15.9 Å². The third-order valence-electron chi connectivity index (χ3n) is 3.21. The highest BCUT2D eigenvalue weighted by Crippen LogP contribution is 2.21. The van der Waals surface area contributed by atoms with E-state index < -0.39 is 5.97 Å². The van der Waals surface area contributed by atoms with E-state index >= 15 is 0 Å². The summed E-state index contributed by atoms with van der Waals surface area (Å²) in [5.41, 5.74) is 1.74. The summed E-state index contributed by atoms with van der Waals surface area (Å²) in [5.74, 6) is -0.870. The van der Waals surface area contributed by atoms with Gasteiger partial charge in [-0.3, -0.25) is 9.89 Å². The van der Waals surface area contributed by atoms with Gasteiger partial charge in [-0.2, -0.15) is 5.10 Å². The molecule has 0 aliphatic heterocycles. The number of hydrogen-bond donors (Lipinski definition) is 2. The summed E-state index contributed by atoms with van der Waals surface area (Å²) in [6.07, 6.45) is 1.99. The van der Waals surface area contributed by atoms with Gasteiger partial charge in [0, 0.05) is 16.1 Å². The minimum atomic E-state index is -0.596. The summed E-state index contributed by atoms with van der Waals surface area (Å²) in [4.78, 5) is 23.3. The maximum absolute atomic E-state index is 11.9. The van der Waals surface area contributed by atoms with E-state index in [1.54, 1.807) is 6.07 Å². The van der Waals surface area contributed by atoms with Crippen LogP contribution < -0.4 is 5.32 Å². The molecule has 1 aliphatic carbocycles. The average molecular weight is 364 g/mol. The zero-order valence-corrected chi connectivity index (χ0v) is 13.2. The molecular weight excluding hydrogens is 350 g/mol. The van der Waals surface area contributed by atoms with Crippen LogP contribution in [0.1, 0.15) is 23.3 Å². The van der Waals surface area contributed by atoms with Gasteiger partial charge in [-0.15, -0.1) is 0 Å². The molecule has 1 aromatic carbocycles. The van der Waals surface area contributed by atoms with Gasteiger partial charge in [-0.25, -0.2) is 4.79 Å². The minimum Gasteiger partial charge on any atom is -0.451 e. The number of aromatic nitrogens is 2. The molecule has 7 heteroatoms. The van der Waals surface area contributed by atoms with Gasteiger partial charge in [-0.1, -0.05) is 28.1 Å². The largest absolute Gasteiger partial charge is 0.451 e. The van der Waals surface area contributed by atoms with Gasteiger partial charge < -0.3 is 10.1 Å². The molecule has 2 N–H and O–H groups in total. The maximum Gasteiger partial charge on any atom is 0.356 e. The molecule has 1 saturated carbocycles. The predicted octanol–water partition coefficient (Wildman–Crippen LogP) is 2.27. The van der Waals surface area contributed by atoms with Crippen molar-refractivity contribution < 1.29 is 14.3 Å². The highest BCUT2D eigenvalue weighted by Gasteiger charge is 2.23. The number of carbonyl (C=O) groups is 2. The fourth-order valence-corrected chi connectivity index (χ4v) is 2.17. The Hall–Kier alpha value is -2.15. The summed E-state index contributed by atoms with van der Waals surface area (Å²) in [5, 5.41) is 9.46. The van der Waals surface area contributed by atoms with Gasteiger partial charge in [0.2, 0.25) is 0 Å². The van der Waals surface area contributed by atoms with Crippen molar-refractivity contribution in [2.75, 3.05) is 6.61 Å². The first-order valence-corrected chi connectivity index (χ1v) is 7.69. The Morgan fingerprint density at radius 2 is 2.05 bits per heavy atom.